The molecular weight excluding hydrogens is 608 g/mol. The summed E-state index contributed by atoms with van der Waals surface area (Å²) in [6.45, 7) is 0.419. The number of benzene rings is 6. The Labute approximate surface area is 276 Å². The largest absolute Gasteiger partial charge is 0.462 e. The average molecular weight is 641 g/mol. The molecule has 8 nitrogen and oxygen atoms in total. The molecule has 8 heteroatoms. The number of esters is 4. The molecule has 6 aromatic rings. The maximum Gasteiger partial charge on any atom is 0.338 e. The normalized spacial score (nSPS) is 10.9. The van der Waals surface area contributed by atoms with E-state index >= 15 is 0 Å². The highest BCUT2D eigenvalue weighted by atomic mass is 16.6. The number of ether oxygens (including phenoxy) is 4. The highest BCUT2D eigenvalue weighted by Gasteiger charge is 2.13. The van der Waals surface area contributed by atoms with E-state index in [1.807, 2.05) is 60.7 Å². The van der Waals surface area contributed by atoms with Crippen LogP contribution >= 0.6 is 0 Å². The summed E-state index contributed by atoms with van der Waals surface area (Å²) in [7, 11) is 0. The molecule has 0 N–H and O–H groups in total. The fourth-order valence-electron chi connectivity index (χ4n) is 5.24. The molecule has 0 radical (unpaired) electrons. The number of carbonyl (C=O) groups excluding carboxylic acids is 4. The van der Waals surface area contributed by atoms with Crippen LogP contribution in [0.25, 0.3) is 32.3 Å². The van der Waals surface area contributed by atoms with Crippen LogP contribution in [-0.2, 0) is 18.9 Å². The lowest BCUT2D eigenvalue weighted by Gasteiger charge is -2.09. The van der Waals surface area contributed by atoms with Gasteiger partial charge in [-0.2, -0.15) is 0 Å². The van der Waals surface area contributed by atoms with Crippen LogP contribution in [0.15, 0.2) is 121 Å². The summed E-state index contributed by atoms with van der Waals surface area (Å²) in [5.41, 5.74) is 1.66. The first-order valence-corrected chi connectivity index (χ1v) is 15.6. The number of rotatable bonds is 12. The van der Waals surface area contributed by atoms with Gasteiger partial charge in [0.15, 0.2) is 0 Å². The summed E-state index contributed by atoms with van der Waals surface area (Å²) in [6, 6.07) is 36.4. The Morgan fingerprint density at radius 2 is 0.583 bits per heavy atom. The van der Waals surface area contributed by atoms with Crippen LogP contribution in [-0.4, -0.2) is 50.3 Å². The molecule has 0 amide bonds. The Balaban J connectivity index is 0.911. The summed E-state index contributed by atoms with van der Waals surface area (Å²) < 4.78 is 21.4. The zero-order chi connectivity index (χ0) is 33.3. The van der Waals surface area contributed by atoms with Gasteiger partial charge in [0, 0.05) is 12.8 Å². The van der Waals surface area contributed by atoms with Crippen molar-refractivity contribution >= 4 is 56.2 Å². The molecule has 6 rings (SSSR count). The molecule has 0 fully saturated rings. The van der Waals surface area contributed by atoms with Gasteiger partial charge in [0.25, 0.3) is 0 Å². The third-order valence-corrected chi connectivity index (χ3v) is 7.79. The molecule has 0 heterocycles. The van der Waals surface area contributed by atoms with E-state index in [0.717, 1.165) is 32.3 Å². The van der Waals surface area contributed by atoms with Crippen molar-refractivity contribution in [1.29, 1.82) is 0 Å². The molecule has 0 aromatic heterocycles. The number of carbonyl (C=O) groups is 4. The summed E-state index contributed by atoms with van der Waals surface area (Å²) in [6.07, 6.45) is 0.716. The first-order valence-electron chi connectivity index (χ1n) is 15.6. The van der Waals surface area contributed by atoms with Gasteiger partial charge in [-0.1, -0.05) is 72.8 Å². The van der Waals surface area contributed by atoms with Gasteiger partial charge >= 0.3 is 23.9 Å². The van der Waals surface area contributed by atoms with E-state index in [0.29, 0.717) is 35.1 Å². The van der Waals surface area contributed by atoms with Gasteiger partial charge in [0.05, 0.1) is 48.7 Å². The predicted molar refractivity (Wildman–Crippen MR) is 182 cm³/mol. The van der Waals surface area contributed by atoms with Gasteiger partial charge in [-0.3, -0.25) is 0 Å². The third kappa shape index (κ3) is 7.85. The SMILES string of the molecule is O=C(OCCCOC(=O)c1ccc2cc(C(=O)OCCCOC(=O)c3ccc4ccccc4c3)ccc2c1)c1ccc2ccccc2c1. The molecular formula is C40H32O8. The summed E-state index contributed by atoms with van der Waals surface area (Å²) in [5.74, 6) is -1.85. The van der Waals surface area contributed by atoms with Gasteiger partial charge in [0.2, 0.25) is 0 Å². The van der Waals surface area contributed by atoms with Crippen molar-refractivity contribution in [2.75, 3.05) is 26.4 Å². The van der Waals surface area contributed by atoms with Crippen LogP contribution in [0.3, 0.4) is 0 Å². The molecule has 48 heavy (non-hydrogen) atoms. The molecule has 0 aliphatic rings. The molecule has 0 spiro atoms. The van der Waals surface area contributed by atoms with Crippen molar-refractivity contribution < 1.29 is 38.1 Å². The van der Waals surface area contributed by atoms with Crippen LogP contribution in [0, 0.1) is 0 Å². The fourth-order valence-corrected chi connectivity index (χ4v) is 5.24. The highest BCUT2D eigenvalue weighted by molar-refractivity contribution is 5.99. The van der Waals surface area contributed by atoms with Gasteiger partial charge < -0.3 is 18.9 Å². The molecule has 0 bridgehead atoms. The van der Waals surface area contributed by atoms with Crippen LogP contribution in [0.2, 0.25) is 0 Å². The topological polar surface area (TPSA) is 105 Å². The first kappa shape index (κ1) is 31.9. The second-order valence-corrected chi connectivity index (χ2v) is 11.2. The molecule has 6 aromatic carbocycles. The Kier molecular flexibility index (Phi) is 10.0. The van der Waals surface area contributed by atoms with E-state index in [1.165, 1.54) is 0 Å². The van der Waals surface area contributed by atoms with E-state index in [2.05, 4.69) is 0 Å². The molecule has 0 saturated heterocycles. The Hall–Kier alpha value is -6.02. The van der Waals surface area contributed by atoms with Crippen LogP contribution < -0.4 is 0 Å². The number of hydrogen-bond acceptors (Lipinski definition) is 8. The third-order valence-electron chi connectivity index (χ3n) is 7.79. The second-order valence-electron chi connectivity index (χ2n) is 11.2. The highest BCUT2D eigenvalue weighted by Crippen LogP contribution is 2.20. The fraction of sp³-hybridized carbons (Fsp3) is 0.150. The van der Waals surface area contributed by atoms with Crippen LogP contribution in [0.1, 0.15) is 54.3 Å². The number of fused-ring (bicyclic) bond motifs is 3. The van der Waals surface area contributed by atoms with Crippen LogP contribution in [0.4, 0.5) is 0 Å². The average Bonchev–Trinajstić information content (AvgIpc) is 3.13. The minimum Gasteiger partial charge on any atom is -0.462 e. The zero-order valence-electron chi connectivity index (χ0n) is 26.1. The Morgan fingerprint density at radius 3 is 0.896 bits per heavy atom. The van der Waals surface area contributed by atoms with E-state index in [4.69, 9.17) is 18.9 Å². The Bertz CT molecular complexity index is 1980. The first-order chi connectivity index (χ1) is 23.4. The van der Waals surface area contributed by atoms with Crippen LogP contribution in [0.5, 0.6) is 0 Å². The van der Waals surface area contributed by atoms with E-state index in [1.54, 1.807) is 60.7 Å². The monoisotopic (exact) mass is 640 g/mol. The van der Waals surface area contributed by atoms with E-state index in [9.17, 15) is 19.2 Å². The predicted octanol–water partition coefficient (Wildman–Crippen LogP) is 7.95. The second kappa shape index (κ2) is 15.0. The van der Waals surface area contributed by atoms with Gasteiger partial charge in [0.1, 0.15) is 0 Å². The van der Waals surface area contributed by atoms with Gasteiger partial charge in [-0.05, 0) is 80.8 Å². The van der Waals surface area contributed by atoms with Crippen molar-refractivity contribution in [1.82, 2.24) is 0 Å². The quantitative estimate of drug-likeness (QED) is 0.0754. The lowest BCUT2D eigenvalue weighted by atomic mass is 10.0. The summed E-state index contributed by atoms with van der Waals surface area (Å²) >= 11 is 0. The minimum absolute atomic E-state index is 0.0925. The summed E-state index contributed by atoms with van der Waals surface area (Å²) in [4.78, 5) is 50.0. The molecule has 0 aliphatic carbocycles. The molecule has 0 aliphatic heterocycles. The van der Waals surface area contributed by atoms with Gasteiger partial charge in [-0.25, -0.2) is 19.2 Å². The maximum absolute atomic E-state index is 12.6. The maximum atomic E-state index is 12.6. The van der Waals surface area contributed by atoms with E-state index < -0.39 is 23.9 Å². The lowest BCUT2D eigenvalue weighted by molar-refractivity contribution is 0.0378. The van der Waals surface area contributed by atoms with Gasteiger partial charge in [-0.15, -0.1) is 0 Å². The Morgan fingerprint density at radius 1 is 0.333 bits per heavy atom. The molecule has 0 saturated carbocycles. The number of hydrogen-bond donors (Lipinski definition) is 0. The van der Waals surface area contributed by atoms with Crippen molar-refractivity contribution in [2.24, 2.45) is 0 Å². The molecule has 0 unspecified atom stereocenters. The van der Waals surface area contributed by atoms with Crippen molar-refractivity contribution in [2.45, 2.75) is 12.8 Å². The lowest BCUT2D eigenvalue weighted by Crippen LogP contribution is -2.11. The zero-order valence-corrected chi connectivity index (χ0v) is 26.1. The van der Waals surface area contributed by atoms with E-state index in [-0.39, 0.29) is 26.4 Å². The van der Waals surface area contributed by atoms with Crippen molar-refractivity contribution in [3.8, 4) is 0 Å². The molecule has 0 atom stereocenters. The van der Waals surface area contributed by atoms with Crippen molar-refractivity contribution in [3.63, 3.8) is 0 Å². The standard InChI is InChI=1S/C40H32O8/c41-37(33-15-11-27-7-1-3-9-29(27)23-33)45-19-5-21-47-39(43)35-17-13-32-26-36(18-14-31(32)25-35)40(44)48-22-6-20-46-38(42)34-16-12-28-8-2-4-10-30(28)24-34/h1-4,7-18,23-26H,5-6,19-22H2. The molecule has 240 valence electrons. The summed E-state index contributed by atoms with van der Waals surface area (Å²) in [5, 5.41) is 5.51. The minimum atomic E-state index is -0.498. The van der Waals surface area contributed by atoms with Crippen molar-refractivity contribution in [3.05, 3.63) is 144 Å². The smallest absolute Gasteiger partial charge is 0.338 e.